The maximum absolute atomic E-state index is 15.0. The fourth-order valence-corrected chi connectivity index (χ4v) is 6.19. The molecule has 3 aromatic rings. The molecule has 8 heteroatoms. The number of fused-ring (bicyclic) bond motifs is 1. The van der Waals surface area contributed by atoms with Gasteiger partial charge in [0.25, 0.3) is 0 Å². The summed E-state index contributed by atoms with van der Waals surface area (Å²) in [6, 6.07) is 6.85. The topological polar surface area (TPSA) is 92.4 Å². The van der Waals surface area contributed by atoms with Crippen molar-refractivity contribution >= 4 is 28.3 Å². The number of carbonyl (C=O) groups excluding carboxylic acids is 2. The maximum atomic E-state index is 15.0. The predicted molar refractivity (Wildman–Crippen MR) is 147 cm³/mol. The average molecular weight is 518 g/mol. The van der Waals surface area contributed by atoms with Gasteiger partial charge in [-0.15, -0.1) is 0 Å². The Kier molecular flexibility index (Phi) is 7.43. The summed E-state index contributed by atoms with van der Waals surface area (Å²) in [7, 11) is 0. The summed E-state index contributed by atoms with van der Waals surface area (Å²) < 4.78 is 15.0. The van der Waals surface area contributed by atoms with Gasteiger partial charge in [0.2, 0.25) is 5.91 Å². The highest BCUT2D eigenvalue weighted by atomic mass is 19.1. The molecular formula is C30H36FN5O2. The summed E-state index contributed by atoms with van der Waals surface area (Å²) >= 11 is 0. The Morgan fingerprint density at radius 2 is 1.97 bits per heavy atom. The van der Waals surface area contributed by atoms with Gasteiger partial charge in [-0.1, -0.05) is 6.92 Å². The van der Waals surface area contributed by atoms with E-state index in [1.807, 2.05) is 29.7 Å². The molecule has 1 amide bonds. The first-order valence-corrected chi connectivity index (χ1v) is 13.6. The SMILES string of the molecule is CC(C)N1CCN(c2cnc3c(C(=O)Cc4cnccc4[C@@H]4C[C@H](C)C[C@H](N)C4)ccc(F)c3c2)CC1=O. The number of aromatic nitrogens is 2. The Hall–Kier alpha value is -3.39. The summed E-state index contributed by atoms with van der Waals surface area (Å²) in [6.07, 6.45) is 8.30. The summed E-state index contributed by atoms with van der Waals surface area (Å²) in [5.74, 6) is 0.299. The lowest BCUT2D eigenvalue weighted by Gasteiger charge is -2.37. The number of amides is 1. The van der Waals surface area contributed by atoms with Gasteiger partial charge in [-0.2, -0.15) is 0 Å². The van der Waals surface area contributed by atoms with Gasteiger partial charge in [0.15, 0.2) is 5.78 Å². The smallest absolute Gasteiger partial charge is 0.242 e. The Labute approximate surface area is 223 Å². The first-order valence-electron chi connectivity index (χ1n) is 13.6. The molecule has 3 heterocycles. The molecule has 1 saturated carbocycles. The van der Waals surface area contributed by atoms with Crippen molar-refractivity contribution < 1.29 is 14.0 Å². The van der Waals surface area contributed by atoms with Crippen LogP contribution in [0.1, 0.15) is 67.4 Å². The number of rotatable bonds is 6. The van der Waals surface area contributed by atoms with Crippen LogP contribution in [0.2, 0.25) is 0 Å². The highest BCUT2D eigenvalue weighted by Gasteiger charge is 2.29. The van der Waals surface area contributed by atoms with E-state index in [2.05, 4.69) is 16.9 Å². The highest BCUT2D eigenvalue weighted by Crippen LogP contribution is 2.37. The van der Waals surface area contributed by atoms with Crippen LogP contribution in [0.25, 0.3) is 10.9 Å². The summed E-state index contributed by atoms with van der Waals surface area (Å²) in [5.41, 5.74) is 9.73. The van der Waals surface area contributed by atoms with Gasteiger partial charge in [0, 0.05) is 54.9 Å². The molecule has 200 valence electrons. The number of halogens is 1. The van der Waals surface area contributed by atoms with Gasteiger partial charge in [-0.25, -0.2) is 4.39 Å². The number of nitrogens with two attached hydrogens (primary N) is 1. The molecule has 1 aliphatic carbocycles. The molecule has 3 atom stereocenters. The second-order valence-corrected chi connectivity index (χ2v) is 11.2. The third kappa shape index (κ3) is 5.27. The van der Waals surface area contributed by atoms with E-state index in [0.29, 0.717) is 41.7 Å². The van der Waals surface area contributed by atoms with Crippen molar-refractivity contribution in [2.45, 2.75) is 64.5 Å². The van der Waals surface area contributed by atoms with Crippen LogP contribution in [-0.2, 0) is 11.2 Å². The van der Waals surface area contributed by atoms with Crippen LogP contribution in [0, 0.1) is 11.7 Å². The molecular weight excluding hydrogens is 481 g/mol. The fourth-order valence-electron chi connectivity index (χ4n) is 6.19. The first kappa shape index (κ1) is 26.2. The molecule has 2 N–H and O–H groups in total. The van der Waals surface area contributed by atoms with Crippen molar-refractivity contribution in [3.8, 4) is 0 Å². The Morgan fingerprint density at radius 1 is 1.16 bits per heavy atom. The Balaban J connectivity index is 1.41. The molecule has 0 spiro atoms. The minimum Gasteiger partial charge on any atom is -0.359 e. The van der Waals surface area contributed by atoms with Crippen molar-refractivity contribution in [1.29, 1.82) is 0 Å². The third-order valence-corrected chi connectivity index (χ3v) is 8.04. The predicted octanol–water partition coefficient (Wildman–Crippen LogP) is 4.48. The molecule has 2 fully saturated rings. The minimum absolute atomic E-state index is 0.0383. The minimum atomic E-state index is -0.440. The van der Waals surface area contributed by atoms with E-state index in [0.717, 1.165) is 30.4 Å². The average Bonchev–Trinajstić information content (AvgIpc) is 2.88. The van der Waals surface area contributed by atoms with Crippen LogP contribution < -0.4 is 10.6 Å². The summed E-state index contributed by atoms with van der Waals surface area (Å²) in [5, 5.41) is 0.283. The zero-order chi connectivity index (χ0) is 27.0. The van der Waals surface area contributed by atoms with Crippen molar-refractivity contribution in [2.75, 3.05) is 24.5 Å². The standard InChI is InChI=1S/C30H36FN5O2/c1-18(2)36-9-8-35(17-29(36)38)23-14-26-27(31)5-4-25(30(26)34-16-23)28(37)13-21-15-33-7-6-24(21)20-10-19(3)11-22(32)12-20/h4-7,14-16,18-20,22H,8-13,17,32H2,1-3H3/t19-,20+,22-/m0/s1. The number of anilines is 1. The number of pyridine rings is 2. The second kappa shape index (κ2) is 10.8. The van der Waals surface area contributed by atoms with E-state index < -0.39 is 5.82 Å². The van der Waals surface area contributed by atoms with Gasteiger partial charge < -0.3 is 15.5 Å². The highest BCUT2D eigenvalue weighted by molar-refractivity contribution is 6.08. The summed E-state index contributed by atoms with van der Waals surface area (Å²) in [6.45, 7) is 7.69. The van der Waals surface area contributed by atoms with Gasteiger partial charge in [-0.05, 0) is 80.3 Å². The number of hydrogen-bond acceptors (Lipinski definition) is 6. The van der Waals surface area contributed by atoms with Gasteiger partial charge in [-0.3, -0.25) is 19.6 Å². The fraction of sp³-hybridized carbons (Fsp3) is 0.467. The molecule has 5 rings (SSSR count). The molecule has 2 aliphatic rings. The zero-order valence-electron chi connectivity index (χ0n) is 22.4. The van der Waals surface area contributed by atoms with Crippen LogP contribution in [0.4, 0.5) is 10.1 Å². The molecule has 0 radical (unpaired) electrons. The lowest BCUT2D eigenvalue weighted by atomic mass is 9.75. The molecule has 7 nitrogen and oxygen atoms in total. The normalized spacial score (nSPS) is 22.4. The van der Waals surface area contributed by atoms with E-state index >= 15 is 0 Å². The number of ketones is 1. The quantitative estimate of drug-likeness (QED) is 0.485. The van der Waals surface area contributed by atoms with Crippen molar-refractivity contribution in [1.82, 2.24) is 14.9 Å². The molecule has 0 unspecified atom stereocenters. The number of hydrogen-bond donors (Lipinski definition) is 1. The van der Waals surface area contributed by atoms with Gasteiger partial charge in [0.1, 0.15) is 5.82 Å². The molecule has 1 aliphatic heterocycles. The lowest BCUT2D eigenvalue weighted by Crippen LogP contribution is -2.52. The van der Waals surface area contributed by atoms with Crippen LogP contribution >= 0.6 is 0 Å². The largest absolute Gasteiger partial charge is 0.359 e. The molecule has 38 heavy (non-hydrogen) atoms. The van der Waals surface area contributed by atoms with Crippen molar-refractivity contribution in [2.24, 2.45) is 11.7 Å². The number of nitrogens with zero attached hydrogens (tertiary/aromatic N) is 4. The second-order valence-electron chi connectivity index (χ2n) is 11.2. The molecule has 1 saturated heterocycles. The molecule has 1 aromatic carbocycles. The van der Waals surface area contributed by atoms with Crippen molar-refractivity contribution in [3.05, 3.63) is 65.4 Å². The maximum Gasteiger partial charge on any atom is 0.242 e. The number of Topliss-reactive ketones (excluding diaryl/α,β-unsaturated/α-hetero) is 1. The van der Waals surface area contributed by atoms with E-state index in [4.69, 9.17) is 5.73 Å². The van der Waals surface area contributed by atoms with E-state index in [9.17, 15) is 14.0 Å². The monoisotopic (exact) mass is 517 g/mol. The van der Waals surface area contributed by atoms with Gasteiger partial charge >= 0.3 is 0 Å². The van der Waals surface area contributed by atoms with E-state index in [1.54, 1.807) is 24.7 Å². The van der Waals surface area contributed by atoms with Crippen LogP contribution in [0.3, 0.4) is 0 Å². The number of carbonyl (C=O) groups is 2. The lowest BCUT2D eigenvalue weighted by molar-refractivity contribution is -0.132. The van der Waals surface area contributed by atoms with Crippen LogP contribution in [0.5, 0.6) is 0 Å². The van der Waals surface area contributed by atoms with Crippen molar-refractivity contribution in [3.63, 3.8) is 0 Å². The van der Waals surface area contributed by atoms with E-state index in [1.165, 1.54) is 12.1 Å². The van der Waals surface area contributed by atoms with E-state index in [-0.39, 0.29) is 42.1 Å². The Bertz CT molecular complexity index is 1350. The van der Waals surface area contributed by atoms with Gasteiger partial charge in [0.05, 0.1) is 23.9 Å². The molecule has 0 bridgehead atoms. The Morgan fingerprint density at radius 3 is 2.71 bits per heavy atom. The van der Waals surface area contributed by atoms with Crippen LogP contribution in [-0.4, -0.2) is 58.3 Å². The molecule has 2 aromatic heterocycles. The first-order chi connectivity index (χ1) is 18.2. The summed E-state index contributed by atoms with van der Waals surface area (Å²) in [4.78, 5) is 38.7. The number of benzene rings is 1. The zero-order valence-corrected chi connectivity index (χ0v) is 22.4. The third-order valence-electron chi connectivity index (χ3n) is 8.04. The van der Waals surface area contributed by atoms with Crippen LogP contribution in [0.15, 0.2) is 42.9 Å². The number of piperazine rings is 1.